The summed E-state index contributed by atoms with van der Waals surface area (Å²) >= 11 is 0.608. The molecular weight excluding hydrogens is 476 g/mol. The van der Waals surface area contributed by atoms with Gasteiger partial charge in [0.25, 0.3) is 0 Å². The molecule has 0 aliphatic carbocycles. The number of methoxy groups -OCH3 is 2. The van der Waals surface area contributed by atoms with Crippen LogP contribution in [0.3, 0.4) is 0 Å². The van der Waals surface area contributed by atoms with E-state index in [1.54, 1.807) is 20.3 Å². The van der Waals surface area contributed by atoms with Crippen LogP contribution in [0.1, 0.15) is 12.8 Å². The van der Waals surface area contributed by atoms with E-state index < -0.39 is 15.5 Å². The fourth-order valence-corrected chi connectivity index (χ4v) is 4.17. The van der Waals surface area contributed by atoms with Crippen LogP contribution < -0.4 is 10.6 Å². The molecule has 2 aromatic carbocycles. The largest absolute Gasteiger partial charge is 0.385 e. The number of azo groups is 1. The van der Waals surface area contributed by atoms with Crippen molar-refractivity contribution < 1.29 is 19.3 Å². The normalized spacial score (nSPS) is 11.3. The van der Waals surface area contributed by atoms with E-state index in [9.17, 15) is 20.2 Å². The van der Waals surface area contributed by atoms with Crippen molar-refractivity contribution >= 4 is 54.9 Å². The first-order valence-corrected chi connectivity index (χ1v) is 11.6. The van der Waals surface area contributed by atoms with Crippen LogP contribution in [0.2, 0.25) is 0 Å². The van der Waals surface area contributed by atoms with Crippen LogP contribution in [-0.4, -0.2) is 50.4 Å². The molecule has 1 aromatic heterocycles. The van der Waals surface area contributed by atoms with Crippen LogP contribution in [0.25, 0.3) is 10.8 Å². The third-order valence-electron chi connectivity index (χ3n) is 5.01. The second-order valence-corrected chi connectivity index (χ2v) is 8.40. The molecule has 3 rings (SSSR count). The lowest BCUT2D eigenvalue weighted by molar-refractivity contribution is -0.389. The number of hydrogen-bond acceptors (Lipinski definition) is 11. The summed E-state index contributed by atoms with van der Waals surface area (Å²) < 4.78 is 10.2. The van der Waals surface area contributed by atoms with Crippen molar-refractivity contribution in [1.82, 2.24) is 0 Å². The van der Waals surface area contributed by atoms with Crippen molar-refractivity contribution in [2.75, 3.05) is 51.2 Å². The van der Waals surface area contributed by atoms with E-state index in [0.717, 1.165) is 41.1 Å². The maximum atomic E-state index is 11.3. The van der Waals surface area contributed by atoms with Crippen molar-refractivity contribution in [3.05, 3.63) is 56.6 Å². The van der Waals surface area contributed by atoms with Gasteiger partial charge in [-0.25, -0.2) is 0 Å². The molecule has 35 heavy (non-hydrogen) atoms. The number of fused-ring (bicyclic) bond motifs is 1. The molecular formula is C22H26N6O6S. The van der Waals surface area contributed by atoms with Gasteiger partial charge in [-0.05, 0) is 42.4 Å². The highest BCUT2D eigenvalue weighted by molar-refractivity contribution is 7.19. The van der Waals surface area contributed by atoms with Crippen LogP contribution in [0.4, 0.5) is 32.8 Å². The summed E-state index contributed by atoms with van der Waals surface area (Å²) in [6, 6.07) is 10.3. The Labute approximate surface area is 205 Å². The van der Waals surface area contributed by atoms with Gasteiger partial charge >= 0.3 is 10.7 Å². The number of nitrogens with zero attached hydrogens (tertiary/aromatic N) is 4. The van der Waals surface area contributed by atoms with Crippen LogP contribution in [0, 0.1) is 20.2 Å². The third kappa shape index (κ3) is 6.68. The van der Waals surface area contributed by atoms with Crippen molar-refractivity contribution in [2.45, 2.75) is 12.8 Å². The zero-order valence-corrected chi connectivity index (χ0v) is 20.2. The van der Waals surface area contributed by atoms with E-state index >= 15 is 0 Å². The third-order valence-corrected chi connectivity index (χ3v) is 5.97. The zero-order chi connectivity index (χ0) is 25.2. The summed E-state index contributed by atoms with van der Waals surface area (Å²) in [5, 5.41) is 38.7. The molecule has 0 aliphatic heterocycles. The first-order chi connectivity index (χ1) is 17.0. The maximum Gasteiger partial charge on any atom is 0.333 e. The summed E-state index contributed by atoms with van der Waals surface area (Å²) in [6.45, 7) is 2.62. The molecule has 2 N–H and O–H groups in total. The number of thiophene rings is 1. The lowest BCUT2D eigenvalue weighted by Crippen LogP contribution is -2.06. The molecule has 3 aromatic rings. The molecule has 0 amide bonds. The smallest absolute Gasteiger partial charge is 0.333 e. The Kier molecular flexibility index (Phi) is 9.40. The second kappa shape index (κ2) is 12.7. The molecule has 0 bridgehead atoms. The zero-order valence-electron chi connectivity index (χ0n) is 19.4. The van der Waals surface area contributed by atoms with E-state index in [1.807, 2.05) is 24.3 Å². The number of nitrogens with one attached hydrogen (secondary N) is 2. The van der Waals surface area contributed by atoms with E-state index in [4.69, 9.17) is 9.47 Å². The predicted molar refractivity (Wildman–Crippen MR) is 136 cm³/mol. The first kappa shape index (κ1) is 25.9. The molecule has 0 saturated carbocycles. The lowest BCUT2D eigenvalue weighted by Gasteiger charge is -2.15. The lowest BCUT2D eigenvalue weighted by atomic mass is 10.0. The van der Waals surface area contributed by atoms with Gasteiger partial charge in [0, 0.05) is 62.7 Å². The molecule has 0 atom stereocenters. The summed E-state index contributed by atoms with van der Waals surface area (Å²) in [5.74, 6) is 0. The van der Waals surface area contributed by atoms with Gasteiger partial charge < -0.3 is 20.1 Å². The summed E-state index contributed by atoms with van der Waals surface area (Å²) in [7, 11) is 3.30. The minimum absolute atomic E-state index is 0.137. The number of benzene rings is 2. The highest BCUT2D eigenvalue weighted by Crippen LogP contribution is 2.43. The minimum Gasteiger partial charge on any atom is -0.385 e. The van der Waals surface area contributed by atoms with Crippen molar-refractivity contribution in [2.24, 2.45) is 10.2 Å². The molecule has 186 valence electrons. The summed E-state index contributed by atoms with van der Waals surface area (Å²) in [6.07, 6.45) is 1.62. The molecule has 13 heteroatoms. The topological polar surface area (TPSA) is 154 Å². The predicted octanol–water partition coefficient (Wildman–Crippen LogP) is 6.03. The highest BCUT2D eigenvalue weighted by Gasteiger charge is 2.25. The van der Waals surface area contributed by atoms with Gasteiger partial charge in [-0.15, -0.1) is 10.2 Å². The van der Waals surface area contributed by atoms with Gasteiger partial charge in [0.1, 0.15) is 6.07 Å². The Hall–Kier alpha value is -3.68. The molecule has 0 aliphatic rings. The van der Waals surface area contributed by atoms with Crippen LogP contribution >= 0.6 is 11.3 Å². The maximum absolute atomic E-state index is 11.3. The number of anilines is 2. The second-order valence-electron chi connectivity index (χ2n) is 7.40. The van der Waals surface area contributed by atoms with E-state index in [2.05, 4.69) is 20.9 Å². The standard InChI is InChI=1S/C22H26N6O6S/c1-33-12-4-10-23-16-8-9-18(21-15(16)6-3-7-17(21)24-11-5-13-34-2)25-26-22-19(27(29)30)14-20(35-22)28(31)32/h3,6-9,14,23-24H,4-5,10-13H2,1-2H3. The Morgan fingerprint density at radius 2 is 1.60 bits per heavy atom. The fourth-order valence-electron chi connectivity index (χ4n) is 3.40. The van der Waals surface area contributed by atoms with Crippen LogP contribution in [0.5, 0.6) is 0 Å². The molecule has 1 heterocycles. The Bertz CT molecular complexity index is 1210. The first-order valence-electron chi connectivity index (χ1n) is 10.8. The van der Waals surface area contributed by atoms with Crippen molar-refractivity contribution in [3.8, 4) is 0 Å². The highest BCUT2D eigenvalue weighted by atomic mass is 32.1. The number of hydrogen-bond donors (Lipinski definition) is 2. The molecule has 0 unspecified atom stereocenters. The van der Waals surface area contributed by atoms with Gasteiger partial charge in [-0.3, -0.25) is 20.2 Å². The Balaban J connectivity index is 2.02. The average Bonchev–Trinajstić information content (AvgIpc) is 3.29. The number of nitro groups is 2. The minimum atomic E-state index is -0.703. The van der Waals surface area contributed by atoms with Gasteiger partial charge in [-0.2, -0.15) is 0 Å². The molecule has 0 spiro atoms. The Morgan fingerprint density at radius 3 is 2.23 bits per heavy atom. The molecule has 12 nitrogen and oxygen atoms in total. The van der Waals surface area contributed by atoms with Crippen LogP contribution in [-0.2, 0) is 9.47 Å². The monoisotopic (exact) mass is 502 g/mol. The van der Waals surface area contributed by atoms with E-state index in [0.29, 0.717) is 43.3 Å². The Morgan fingerprint density at radius 1 is 0.914 bits per heavy atom. The number of ether oxygens (including phenoxy) is 2. The average molecular weight is 503 g/mol. The summed E-state index contributed by atoms with van der Waals surface area (Å²) in [5.41, 5.74) is 1.74. The van der Waals surface area contributed by atoms with Gasteiger partial charge in [-0.1, -0.05) is 12.1 Å². The van der Waals surface area contributed by atoms with Crippen molar-refractivity contribution in [1.29, 1.82) is 0 Å². The number of rotatable bonds is 14. The molecule has 0 radical (unpaired) electrons. The fraction of sp³-hybridized carbons (Fsp3) is 0.364. The van der Waals surface area contributed by atoms with Gasteiger partial charge in [0.2, 0.25) is 5.00 Å². The molecule has 0 saturated heterocycles. The quantitative estimate of drug-likeness (QED) is 0.117. The SMILES string of the molecule is COCCCNc1ccc(N=Nc2sc([N+](=O)[O-])cc2[N+](=O)[O-])c2c(NCCCOC)cccc12. The van der Waals surface area contributed by atoms with Crippen molar-refractivity contribution in [3.63, 3.8) is 0 Å². The van der Waals surface area contributed by atoms with Gasteiger partial charge in [0.05, 0.1) is 15.5 Å². The van der Waals surface area contributed by atoms with E-state index in [-0.39, 0.29) is 10.0 Å². The van der Waals surface area contributed by atoms with Crippen LogP contribution in [0.15, 0.2) is 46.6 Å². The van der Waals surface area contributed by atoms with Gasteiger partial charge in [0.15, 0.2) is 0 Å². The van der Waals surface area contributed by atoms with E-state index in [1.165, 1.54) is 0 Å². The molecule has 0 fully saturated rings. The summed E-state index contributed by atoms with van der Waals surface area (Å²) in [4.78, 5) is 21.0.